The van der Waals surface area contributed by atoms with Gasteiger partial charge in [0.25, 0.3) is 10.1 Å². The van der Waals surface area contributed by atoms with E-state index in [0.717, 1.165) is 6.26 Å². The minimum atomic E-state index is -3.52. The van der Waals surface area contributed by atoms with Crippen molar-refractivity contribution >= 4 is 24.5 Å². The molecule has 0 aliphatic rings. The summed E-state index contributed by atoms with van der Waals surface area (Å²) in [7, 11) is -3.67. The lowest BCUT2D eigenvalue weighted by molar-refractivity contribution is -0.143. The number of rotatable bonds is 10. The Morgan fingerprint density at radius 3 is 2.47 bits per heavy atom. The molecule has 0 fully saturated rings. The molecule has 0 aromatic carbocycles. The fourth-order valence-corrected chi connectivity index (χ4v) is 2.62. The number of ether oxygens (including phenoxy) is 1. The summed E-state index contributed by atoms with van der Waals surface area (Å²) < 4.78 is 42.0. The van der Waals surface area contributed by atoms with Crippen LogP contribution in [0.3, 0.4) is 0 Å². The SMILES string of the molecule is CCOC(=O)CCC(C)CC(COS(C)(=O)=O)P=O. The first-order chi connectivity index (χ1) is 8.78. The second kappa shape index (κ2) is 9.39. The molecule has 0 radical (unpaired) electrons. The average Bonchev–Trinajstić information content (AvgIpc) is 2.31. The Labute approximate surface area is 116 Å². The lowest BCUT2D eigenvalue weighted by Gasteiger charge is -2.14. The van der Waals surface area contributed by atoms with Crippen LogP contribution in [-0.4, -0.2) is 39.5 Å². The Hall–Kier alpha value is -0.520. The van der Waals surface area contributed by atoms with Gasteiger partial charge in [0, 0.05) is 6.42 Å². The molecule has 0 N–H and O–H groups in total. The van der Waals surface area contributed by atoms with Crippen molar-refractivity contribution < 1.29 is 26.7 Å². The van der Waals surface area contributed by atoms with Gasteiger partial charge in [-0.2, -0.15) is 8.42 Å². The Bertz CT molecular complexity index is 381. The molecule has 112 valence electrons. The van der Waals surface area contributed by atoms with Crippen molar-refractivity contribution in [3.63, 3.8) is 0 Å². The summed E-state index contributed by atoms with van der Waals surface area (Å²) in [5.41, 5.74) is -0.382. The third-order valence-corrected chi connectivity index (χ3v) is 3.67. The fourth-order valence-electron chi connectivity index (χ4n) is 1.52. The van der Waals surface area contributed by atoms with Crippen LogP contribution in [0, 0.1) is 5.92 Å². The van der Waals surface area contributed by atoms with Gasteiger partial charge in [-0.1, -0.05) is 6.92 Å². The van der Waals surface area contributed by atoms with Crippen molar-refractivity contribution in [3.8, 4) is 0 Å². The molecule has 0 rings (SSSR count). The number of carbonyl (C=O) groups is 1. The highest BCUT2D eigenvalue weighted by Gasteiger charge is 2.17. The molecular formula is C11H21O6PS. The third-order valence-electron chi connectivity index (χ3n) is 2.44. The standard InChI is InChI=1S/C11H21O6PS/c1-4-16-11(12)6-5-9(2)7-10(18-13)8-17-19(3,14)15/h9-10H,4-8H2,1-3H3. The second-order valence-corrected chi connectivity index (χ2v) is 7.02. The number of hydrogen-bond acceptors (Lipinski definition) is 6. The van der Waals surface area contributed by atoms with E-state index in [2.05, 4.69) is 4.18 Å². The predicted octanol–water partition coefficient (Wildman–Crippen LogP) is 1.99. The van der Waals surface area contributed by atoms with Gasteiger partial charge >= 0.3 is 5.97 Å². The first-order valence-corrected chi connectivity index (χ1v) is 8.80. The smallest absolute Gasteiger partial charge is 0.305 e. The van der Waals surface area contributed by atoms with Gasteiger partial charge < -0.3 is 4.74 Å². The number of esters is 1. The van der Waals surface area contributed by atoms with Crippen LogP contribution in [0.1, 0.15) is 33.1 Å². The number of carbonyl (C=O) groups excluding carboxylic acids is 1. The van der Waals surface area contributed by atoms with Crippen molar-refractivity contribution in [1.29, 1.82) is 0 Å². The van der Waals surface area contributed by atoms with Crippen LogP contribution in [0.25, 0.3) is 0 Å². The van der Waals surface area contributed by atoms with Gasteiger partial charge in [-0.25, -0.2) is 0 Å². The Morgan fingerprint density at radius 1 is 1.37 bits per heavy atom. The summed E-state index contributed by atoms with van der Waals surface area (Å²) in [6.45, 7) is 3.92. The van der Waals surface area contributed by atoms with Crippen molar-refractivity contribution in [1.82, 2.24) is 0 Å². The quantitative estimate of drug-likeness (QED) is 0.348. The Morgan fingerprint density at radius 2 is 2.00 bits per heavy atom. The molecule has 0 aromatic heterocycles. The minimum Gasteiger partial charge on any atom is -0.466 e. The Balaban J connectivity index is 4.03. The Kier molecular flexibility index (Phi) is 9.14. The maximum absolute atomic E-state index is 11.2. The summed E-state index contributed by atoms with van der Waals surface area (Å²) in [5, 5.41) is 0. The van der Waals surface area contributed by atoms with Gasteiger partial charge in [-0.15, -0.1) is 0 Å². The van der Waals surface area contributed by atoms with Crippen LogP contribution in [0.15, 0.2) is 0 Å². The molecule has 6 nitrogen and oxygen atoms in total. The molecule has 2 atom stereocenters. The topological polar surface area (TPSA) is 86.7 Å². The van der Waals surface area contributed by atoms with Gasteiger partial charge in [-0.3, -0.25) is 13.5 Å². The highest BCUT2D eigenvalue weighted by atomic mass is 32.2. The van der Waals surface area contributed by atoms with E-state index in [4.69, 9.17) is 4.74 Å². The van der Waals surface area contributed by atoms with Crippen LogP contribution in [0.2, 0.25) is 0 Å². The highest BCUT2D eigenvalue weighted by Crippen LogP contribution is 2.21. The van der Waals surface area contributed by atoms with E-state index in [1.807, 2.05) is 6.92 Å². The minimum absolute atomic E-state index is 0.104. The van der Waals surface area contributed by atoms with Crippen LogP contribution in [-0.2, 0) is 28.4 Å². The lowest BCUT2D eigenvalue weighted by atomic mass is 10.00. The lowest BCUT2D eigenvalue weighted by Crippen LogP contribution is -2.17. The van der Waals surface area contributed by atoms with Gasteiger partial charge in [0.1, 0.15) is 0 Å². The van der Waals surface area contributed by atoms with Crippen molar-refractivity contribution in [2.24, 2.45) is 5.92 Å². The predicted molar refractivity (Wildman–Crippen MR) is 71.8 cm³/mol. The van der Waals surface area contributed by atoms with E-state index in [0.29, 0.717) is 25.9 Å². The molecule has 19 heavy (non-hydrogen) atoms. The summed E-state index contributed by atoms with van der Waals surface area (Å²) in [5.74, 6) is -0.114. The van der Waals surface area contributed by atoms with E-state index < -0.39 is 10.1 Å². The number of hydrogen-bond donors (Lipinski definition) is 0. The van der Waals surface area contributed by atoms with Gasteiger partial charge in [0.2, 0.25) is 0 Å². The summed E-state index contributed by atoms with van der Waals surface area (Å²) >= 11 is 0. The molecule has 0 saturated heterocycles. The van der Waals surface area contributed by atoms with Crippen molar-refractivity contribution in [3.05, 3.63) is 0 Å². The van der Waals surface area contributed by atoms with Crippen LogP contribution in [0.4, 0.5) is 0 Å². The summed E-state index contributed by atoms with van der Waals surface area (Å²) in [6, 6.07) is 0. The molecule has 0 heterocycles. The van der Waals surface area contributed by atoms with Crippen molar-refractivity contribution in [2.75, 3.05) is 19.5 Å². The van der Waals surface area contributed by atoms with E-state index in [1.54, 1.807) is 6.92 Å². The molecule has 0 aliphatic carbocycles. The summed E-state index contributed by atoms with van der Waals surface area (Å²) in [4.78, 5) is 11.2. The fraction of sp³-hybridized carbons (Fsp3) is 0.909. The largest absolute Gasteiger partial charge is 0.466 e. The second-order valence-electron chi connectivity index (χ2n) is 4.43. The van der Waals surface area contributed by atoms with Gasteiger partial charge in [0.15, 0.2) is 8.46 Å². The van der Waals surface area contributed by atoms with E-state index >= 15 is 0 Å². The summed E-state index contributed by atoms with van der Waals surface area (Å²) in [6.07, 6.45) is 2.41. The van der Waals surface area contributed by atoms with Crippen LogP contribution >= 0.6 is 8.46 Å². The molecule has 8 heteroatoms. The molecule has 0 aliphatic heterocycles. The van der Waals surface area contributed by atoms with Gasteiger partial charge in [-0.05, 0) is 25.7 Å². The van der Waals surface area contributed by atoms with Crippen LogP contribution < -0.4 is 0 Å². The normalized spacial score (nSPS) is 15.1. The van der Waals surface area contributed by atoms with E-state index in [9.17, 15) is 17.8 Å². The first-order valence-electron chi connectivity index (χ1n) is 6.11. The highest BCUT2D eigenvalue weighted by molar-refractivity contribution is 7.86. The van der Waals surface area contributed by atoms with E-state index in [-0.39, 0.29) is 32.6 Å². The third kappa shape index (κ3) is 11.0. The van der Waals surface area contributed by atoms with Gasteiger partial charge in [0.05, 0.1) is 25.1 Å². The maximum Gasteiger partial charge on any atom is 0.305 e. The first kappa shape index (κ1) is 18.5. The molecule has 2 unspecified atom stereocenters. The average molecular weight is 312 g/mol. The monoisotopic (exact) mass is 312 g/mol. The molecule has 0 bridgehead atoms. The molecular weight excluding hydrogens is 291 g/mol. The molecule has 0 spiro atoms. The maximum atomic E-state index is 11.2. The zero-order valence-electron chi connectivity index (χ0n) is 11.5. The zero-order chi connectivity index (χ0) is 14.9. The molecule has 0 saturated carbocycles. The zero-order valence-corrected chi connectivity index (χ0v) is 13.2. The van der Waals surface area contributed by atoms with Crippen LogP contribution in [0.5, 0.6) is 0 Å². The van der Waals surface area contributed by atoms with E-state index in [1.165, 1.54) is 0 Å². The molecule has 0 aromatic rings. The van der Waals surface area contributed by atoms with Crippen molar-refractivity contribution in [2.45, 2.75) is 38.8 Å². The molecule has 0 amide bonds.